The zero-order chi connectivity index (χ0) is 24.8. The fourth-order valence-electron chi connectivity index (χ4n) is 4.04. The molecule has 0 spiro atoms. The van der Waals surface area contributed by atoms with Gasteiger partial charge >= 0.3 is 6.18 Å². The topological polar surface area (TPSA) is 49.8 Å². The summed E-state index contributed by atoms with van der Waals surface area (Å²) in [7, 11) is 0. The number of ether oxygens (including phenoxy) is 1. The number of hydrogen-bond donors (Lipinski definition) is 1. The zero-order valence-corrected chi connectivity index (χ0v) is 20.3. The van der Waals surface area contributed by atoms with E-state index in [2.05, 4.69) is 23.1 Å². The smallest absolute Gasteiger partial charge is 0.416 e. The highest BCUT2D eigenvalue weighted by molar-refractivity contribution is 6.09. The van der Waals surface area contributed by atoms with Gasteiger partial charge in [0.15, 0.2) is 5.78 Å². The third-order valence-electron chi connectivity index (χ3n) is 5.92. The summed E-state index contributed by atoms with van der Waals surface area (Å²) >= 11 is 0. The highest BCUT2D eigenvalue weighted by Gasteiger charge is 2.31. The molecule has 0 saturated carbocycles. The summed E-state index contributed by atoms with van der Waals surface area (Å²) in [5.74, 6) is -0.0368. The number of ketones is 1. The van der Waals surface area contributed by atoms with E-state index in [1.165, 1.54) is 35.4 Å². The second-order valence-electron chi connectivity index (χ2n) is 8.50. The highest BCUT2D eigenvalue weighted by atomic mass is 35.5. The van der Waals surface area contributed by atoms with Crippen molar-refractivity contribution in [3.05, 3.63) is 107 Å². The molecule has 36 heavy (non-hydrogen) atoms. The van der Waals surface area contributed by atoms with E-state index in [0.29, 0.717) is 12.3 Å². The van der Waals surface area contributed by atoms with Gasteiger partial charge in [0.05, 0.1) is 5.56 Å². The first-order valence-corrected chi connectivity index (χ1v) is 11.4. The molecule has 1 unspecified atom stereocenters. The minimum absolute atomic E-state index is 0. The van der Waals surface area contributed by atoms with Crippen LogP contribution in [0.4, 0.5) is 13.2 Å². The predicted molar refractivity (Wildman–Crippen MR) is 136 cm³/mol. The molecular formula is C28H27ClF3NO3. The van der Waals surface area contributed by atoms with Crippen LogP contribution < -0.4 is 4.74 Å². The van der Waals surface area contributed by atoms with Crippen molar-refractivity contribution in [1.82, 2.24) is 4.90 Å². The van der Waals surface area contributed by atoms with E-state index >= 15 is 0 Å². The minimum Gasteiger partial charge on any atom is -0.491 e. The zero-order valence-electron chi connectivity index (χ0n) is 19.4. The Morgan fingerprint density at radius 2 is 1.69 bits per heavy atom. The van der Waals surface area contributed by atoms with Gasteiger partial charge in [0.1, 0.15) is 18.5 Å². The first kappa shape index (κ1) is 27.5. The molecule has 190 valence electrons. The van der Waals surface area contributed by atoms with Gasteiger partial charge in [-0.05, 0) is 54.0 Å². The number of nitrogens with zero attached hydrogens (tertiary/aromatic N) is 1. The van der Waals surface area contributed by atoms with E-state index in [9.17, 15) is 23.1 Å². The third-order valence-corrected chi connectivity index (χ3v) is 5.92. The number of halogens is 4. The monoisotopic (exact) mass is 517 g/mol. The fraction of sp³-hybridized carbons (Fsp3) is 0.250. The second-order valence-corrected chi connectivity index (χ2v) is 8.50. The molecule has 3 aromatic rings. The highest BCUT2D eigenvalue weighted by Crippen LogP contribution is 2.30. The Labute approximate surface area is 214 Å². The maximum absolute atomic E-state index is 12.9. The molecule has 1 aliphatic rings. The quantitative estimate of drug-likeness (QED) is 0.379. The summed E-state index contributed by atoms with van der Waals surface area (Å²) in [6.45, 7) is 2.18. The molecule has 0 amide bonds. The van der Waals surface area contributed by atoms with Crippen LogP contribution in [0.1, 0.15) is 33.5 Å². The largest absolute Gasteiger partial charge is 0.491 e. The first-order valence-electron chi connectivity index (χ1n) is 11.4. The molecule has 4 rings (SSSR count). The lowest BCUT2D eigenvalue weighted by molar-refractivity contribution is -0.137. The van der Waals surface area contributed by atoms with Gasteiger partial charge in [-0.2, -0.15) is 13.2 Å². The maximum Gasteiger partial charge on any atom is 0.416 e. The number of rotatable bonds is 8. The van der Waals surface area contributed by atoms with Crippen LogP contribution in [0, 0.1) is 0 Å². The summed E-state index contributed by atoms with van der Waals surface area (Å²) in [4.78, 5) is 14.7. The molecule has 8 heteroatoms. The molecule has 1 aliphatic heterocycles. The van der Waals surface area contributed by atoms with Crippen molar-refractivity contribution < 1.29 is 27.8 Å². The Balaban J connectivity index is 0.00000361. The Morgan fingerprint density at radius 1 is 0.972 bits per heavy atom. The van der Waals surface area contributed by atoms with Gasteiger partial charge < -0.3 is 9.84 Å². The molecule has 1 atom stereocenters. The van der Waals surface area contributed by atoms with Crippen molar-refractivity contribution in [2.45, 2.75) is 18.7 Å². The normalized spacial score (nSPS) is 14.9. The van der Waals surface area contributed by atoms with Gasteiger partial charge in [-0.15, -0.1) is 12.4 Å². The Bertz CT molecular complexity index is 1180. The van der Waals surface area contributed by atoms with Gasteiger partial charge in [0, 0.05) is 30.8 Å². The summed E-state index contributed by atoms with van der Waals surface area (Å²) < 4.78 is 44.4. The first-order chi connectivity index (χ1) is 16.8. The lowest BCUT2D eigenvalue weighted by atomic mass is 9.99. The lowest BCUT2D eigenvalue weighted by Gasteiger charge is -2.28. The van der Waals surface area contributed by atoms with Crippen LogP contribution in [0.5, 0.6) is 5.75 Å². The molecule has 0 fully saturated rings. The van der Waals surface area contributed by atoms with Crippen LogP contribution in [0.15, 0.2) is 84.9 Å². The Morgan fingerprint density at radius 3 is 2.33 bits per heavy atom. The SMILES string of the molecule is Cl.O=C(c1ccc(OCC(O)CN2CC=C(c3ccccc3)CC2)cc1)c1cccc(C(F)(F)F)c1. The molecule has 0 radical (unpaired) electrons. The van der Waals surface area contributed by atoms with Crippen molar-refractivity contribution in [2.75, 3.05) is 26.2 Å². The van der Waals surface area contributed by atoms with Gasteiger partial charge in [-0.3, -0.25) is 9.69 Å². The van der Waals surface area contributed by atoms with Crippen molar-refractivity contribution in [3.63, 3.8) is 0 Å². The van der Waals surface area contributed by atoms with E-state index in [1.54, 1.807) is 12.1 Å². The van der Waals surface area contributed by atoms with Crippen molar-refractivity contribution >= 4 is 23.8 Å². The molecule has 0 aromatic heterocycles. The van der Waals surface area contributed by atoms with Crippen molar-refractivity contribution in [1.29, 1.82) is 0 Å². The molecule has 3 aromatic carbocycles. The van der Waals surface area contributed by atoms with E-state index in [1.807, 2.05) is 18.2 Å². The number of hydrogen-bond acceptors (Lipinski definition) is 4. The van der Waals surface area contributed by atoms with Gasteiger partial charge in [0.25, 0.3) is 0 Å². The summed E-state index contributed by atoms with van der Waals surface area (Å²) in [6, 6.07) is 20.8. The standard InChI is InChI=1S/C28H26F3NO3.ClH/c29-28(30,31)24-8-4-7-23(17-24)27(34)22-9-11-26(12-10-22)35-19-25(33)18-32-15-13-21(14-16-32)20-5-2-1-3-6-20;/h1-13,17,25,33H,14-16,18-19H2;1H. The van der Waals surface area contributed by atoms with Gasteiger partial charge in [0.2, 0.25) is 0 Å². The maximum atomic E-state index is 12.9. The van der Waals surface area contributed by atoms with Crippen LogP contribution in [-0.2, 0) is 6.18 Å². The Kier molecular flexibility index (Phi) is 9.31. The average Bonchev–Trinajstić information content (AvgIpc) is 2.88. The van der Waals surface area contributed by atoms with Crippen LogP contribution >= 0.6 is 12.4 Å². The number of carbonyl (C=O) groups is 1. The number of aliphatic hydroxyl groups excluding tert-OH is 1. The van der Waals surface area contributed by atoms with Crippen LogP contribution in [0.2, 0.25) is 0 Å². The van der Waals surface area contributed by atoms with E-state index in [-0.39, 0.29) is 30.1 Å². The number of β-amino-alcohol motifs (C(OH)–C–C–N with tert-alkyl or cyclic N) is 1. The van der Waals surface area contributed by atoms with Gasteiger partial charge in [-0.25, -0.2) is 0 Å². The Hall–Kier alpha value is -3.13. The van der Waals surface area contributed by atoms with Crippen LogP contribution in [0.3, 0.4) is 0 Å². The molecule has 0 saturated heterocycles. The lowest BCUT2D eigenvalue weighted by Crippen LogP contribution is -2.38. The molecule has 0 bridgehead atoms. The molecule has 1 heterocycles. The van der Waals surface area contributed by atoms with E-state index in [0.717, 1.165) is 31.6 Å². The summed E-state index contributed by atoms with van der Waals surface area (Å²) in [5, 5.41) is 10.4. The third kappa shape index (κ3) is 7.20. The van der Waals surface area contributed by atoms with Crippen molar-refractivity contribution in [2.24, 2.45) is 0 Å². The fourth-order valence-corrected chi connectivity index (χ4v) is 4.04. The van der Waals surface area contributed by atoms with E-state index in [4.69, 9.17) is 4.74 Å². The van der Waals surface area contributed by atoms with Gasteiger partial charge in [-0.1, -0.05) is 48.5 Å². The minimum atomic E-state index is -4.51. The van der Waals surface area contributed by atoms with Crippen molar-refractivity contribution in [3.8, 4) is 5.75 Å². The second kappa shape index (κ2) is 12.2. The average molecular weight is 518 g/mol. The number of aliphatic hydroxyl groups is 1. The summed E-state index contributed by atoms with van der Waals surface area (Å²) in [6.07, 6.45) is -2.09. The summed E-state index contributed by atoms with van der Waals surface area (Å²) in [5.41, 5.74) is 1.90. The molecular weight excluding hydrogens is 491 g/mol. The predicted octanol–water partition coefficient (Wildman–Crippen LogP) is 5.89. The van der Waals surface area contributed by atoms with Crippen LogP contribution in [-0.4, -0.2) is 48.1 Å². The molecule has 0 aliphatic carbocycles. The number of benzene rings is 3. The number of alkyl halides is 3. The molecule has 4 nitrogen and oxygen atoms in total. The number of carbonyl (C=O) groups excluding carboxylic acids is 1. The van der Waals surface area contributed by atoms with Crippen LogP contribution in [0.25, 0.3) is 5.57 Å². The molecule has 1 N–H and O–H groups in total. The van der Waals surface area contributed by atoms with E-state index < -0.39 is 23.6 Å².